The van der Waals surface area contributed by atoms with Gasteiger partial charge in [-0.15, -0.1) is 10.2 Å². The van der Waals surface area contributed by atoms with Gasteiger partial charge < -0.3 is 15.2 Å². The molecule has 1 atom stereocenters. The van der Waals surface area contributed by atoms with Crippen LogP contribution in [0.25, 0.3) is 0 Å². The zero-order chi connectivity index (χ0) is 20.6. The summed E-state index contributed by atoms with van der Waals surface area (Å²) in [6.45, 7) is 11.4. The normalized spacial score (nSPS) is 14.9. The first-order valence-electron chi connectivity index (χ1n) is 10.6. The number of nitrogens with one attached hydrogen (secondary N) is 2. The molecule has 0 amide bonds. The van der Waals surface area contributed by atoms with Crippen molar-refractivity contribution in [1.29, 1.82) is 0 Å². The maximum atomic E-state index is 6.52. The maximum Gasteiger partial charge on any atom is 0.191 e. The molecule has 0 saturated carbocycles. The Balaban J connectivity index is 1.73. The van der Waals surface area contributed by atoms with E-state index in [0.717, 1.165) is 73.8 Å². The molecule has 7 nitrogen and oxygen atoms in total. The van der Waals surface area contributed by atoms with Gasteiger partial charge in [-0.1, -0.05) is 43.6 Å². The third kappa shape index (κ3) is 5.28. The van der Waals surface area contributed by atoms with Crippen LogP contribution in [-0.4, -0.2) is 51.8 Å². The highest BCUT2D eigenvalue weighted by Crippen LogP contribution is 2.27. The van der Waals surface area contributed by atoms with E-state index in [1.165, 1.54) is 0 Å². The van der Waals surface area contributed by atoms with Crippen LogP contribution in [0.5, 0.6) is 0 Å². The molecular formula is C21H32ClN7. The number of guanidine groups is 1. The minimum Gasteiger partial charge on any atom is -0.357 e. The second-order valence-electron chi connectivity index (χ2n) is 7.12. The van der Waals surface area contributed by atoms with Crippen molar-refractivity contribution >= 4 is 17.6 Å². The van der Waals surface area contributed by atoms with Crippen molar-refractivity contribution in [2.24, 2.45) is 4.99 Å². The number of hydrogen-bond acceptors (Lipinski definition) is 4. The number of benzene rings is 1. The molecule has 2 heterocycles. The topological polar surface area (TPSA) is 70.4 Å². The summed E-state index contributed by atoms with van der Waals surface area (Å²) >= 11 is 6.52. The largest absolute Gasteiger partial charge is 0.357 e. The Kier molecular flexibility index (Phi) is 7.89. The van der Waals surface area contributed by atoms with Crippen molar-refractivity contribution in [3.8, 4) is 0 Å². The number of hydrogen-bond donors (Lipinski definition) is 2. The number of aryl methyl sites for hydroxylation is 1. The van der Waals surface area contributed by atoms with Gasteiger partial charge in [-0.05, 0) is 38.1 Å². The minimum atomic E-state index is 0.167. The SMILES string of the molecule is CCNC(=NCc1nnc2n1CCC2)NCC(c1ccccc1Cl)N(CC)CC. The molecule has 2 N–H and O–H groups in total. The molecule has 0 bridgehead atoms. The van der Waals surface area contributed by atoms with Gasteiger partial charge in [0.1, 0.15) is 12.4 Å². The smallest absolute Gasteiger partial charge is 0.191 e. The summed E-state index contributed by atoms with van der Waals surface area (Å²) in [6, 6.07) is 8.25. The summed E-state index contributed by atoms with van der Waals surface area (Å²) in [5.41, 5.74) is 1.14. The Hall–Kier alpha value is -2.12. The van der Waals surface area contributed by atoms with E-state index in [1.807, 2.05) is 18.2 Å². The molecule has 1 aromatic carbocycles. The van der Waals surface area contributed by atoms with Crippen molar-refractivity contribution in [3.05, 3.63) is 46.5 Å². The van der Waals surface area contributed by atoms with Crippen molar-refractivity contribution < 1.29 is 0 Å². The molecule has 0 radical (unpaired) electrons. The quantitative estimate of drug-likeness (QED) is 0.484. The van der Waals surface area contributed by atoms with Gasteiger partial charge in [-0.3, -0.25) is 4.90 Å². The van der Waals surface area contributed by atoms with Crippen LogP contribution in [-0.2, 0) is 19.5 Å². The van der Waals surface area contributed by atoms with E-state index in [2.05, 4.69) is 57.1 Å². The molecule has 29 heavy (non-hydrogen) atoms. The maximum absolute atomic E-state index is 6.52. The molecule has 3 rings (SSSR count). The average molecular weight is 418 g/mol. The lowest BCUT2D eigenvalue weighted by Gasteiger charge is -2.31. The molecule has 0 saturated heterocycles. The van der Waals surface area contributed by atoms with E-state index < -0.39 is 0 Å². The van der Waals surface area contributed by atoms with E-state index in [-0.39, 0.29) is 6.04 Å². The average Bonchev–Trinajstić information content (AvgIpc) is 3.34. The third-order valence-corrected chi connectivity index (χ3v) is 5.73. The summed E-state index contributed by atoms with van der Waals surface area (Å²) in [5.74, 6) is 2.79. The van der Waals surface area contributed by atoms with Gasteiger partial charge >= 0.3 is 0 Å². The Morgan fingerprint density at radius 3 is 2.72 bits per heavy atom. The highest BCUT2D eigenvalue weighted by Gasteiger charge is 2.21. The summed E-state index contributed by atoms with van der Waals surface area (Å²) in [6.07, 6.45) is 2.15. The molecule has 1 aromatic heterocycles. The molecule has 0 fully saturated rings. The van der Waals surface area contributed by atoms with Gasteiger partial charge in [0, 0.05) is 31.1 Å². The predicted octanol–water partition coefficient (Wildman–Crippen LogP) is 3.02. The number of fused-ring (bicyclic) bond motifs is 1. The molecule has 0 aliphatic carbocycles. The van der Waals surface area contributed by atoms with Crippen molar-refractivity contribution in [2.75, 3.05) is 26.2 Å². The molecule has 1 aliphatic rings. The standard InChI is InChI=1S/C21H32ClN7/c1-4-23-21(25-15-20-27-26-19-12-9-13-29(19)20)24-14-18(28(5-2)6-3)16-10-7-8-11-17(16)22/h7-8,10-11,18H,4-6,9,12-15H2,1-3H3,(H2,23,24,25). The van der Waals surface area contributed by atoms with Crippen LogP contribution in [0.15, 0.2) is 29.3 Å². The fourth-order valence-electron chi connectivity index (χ4n) is 3.86. The fourth-order valence-corrected chi connectivity index (χ4v) is 4.12. The Labute approximate surface area is 178 Å². The van der Waals surface area contributed by atoms with Gasteiger partial charge in [-0.25, -0.2) is 4.99 Å². The molecule has 1 unspecified atom stereocenters. The van der Waals surface area contributed by atoms with Crippen molar-refractivity contribution in [2.45, 2.75) is 52.7 Å². The van der Waals surface area contributed by atoms with Crippen LogP contribution in [0.4, 0.5) is 0 Å². The molecular weight excluding hydrogens is 386 g/mol. The molecule has 1 aliphatic heterocycles. The van der Waals surface area contributed by atoms with Crippen LogP contribution in [0.2, 0.25) is 5.02 Å². The Morgan fingerprint density at radius 2 is 2.00 bits per heavy atom. The lowest BCUT2D eigenvalue weighted by atomic mass is 10.0. The van der Waals surface area contributed by atoms with Crippen molar-refractivity contribution in [1.82, 2.24) is 30.3 Å². The van der Waals surface area contributed by atoms with Gasteiger partial charge in [-0.2, -0.15) is 0 Å². The first-order valence-corrected chi connectivity index (χ1v) is 11.0. The van der Waals surface area contributed by atoms with E-state index in [9.17, 15) is 0 Å². The van der Waals surface area contributed by atoms with Crippen LogP contribution >= 0.6 is 11.6 Å². The molecule has 158 valence electrons. The summed E-state index contributed by atoms with van der Waals surface area (Å²) < 4.78 is 2.19. The molecule has 0 spiro atoms. The number of aromatic nitrogens is 3. The van der Waals surface area contributed by atoms with Crippen LogP contribution < -0.4 is 10.6 Å². The zero-order valence-corrected chi connectivity index (χ0v) is 18.4. The first-order chi connectivity index (χ1) is 14.2. The summed E-state index contributed by atoms with van der Waals surface area (Å²) in [5, 5.41) is 16.2. The Bertz CT molecular complexity index is 813. The second-order valence-corrected chi connectivity index (χ2v) is 7.53. The number of rotatable bonds is 9. The number of nitrogens with zero attached hydrogens (tertiary/aromatic N) is 5. The van der Waals surface area contributed by atoms with Gasteiger partial charge in [0.05, 0.1) is 6.04 Å². The van der Waals surface area contributed by atoms with Gasteiger partial charge in [0.2, 0.25) is 0 Å². The van der Waals surface area contributed by atoms with E-state index >= 15 is 0 Å². The van der Waals surface area contributed by atoms with E-state index in [1.54, 1.807) is 0 Å². The fraction of sp³-hybridized carbons (Fsp3) is 0.571. The van der Waals surface area contributed by atoms with Crippen molar-refractivity contribution in [3.63, 3.8) is 0 Å². The van der Waals surface area contributed by atoms with E-state index in [4.69, 9.17) is 16.6 Å². The Morgan fingerprint density at radius 1 is 1.21 bits per heavy atom. The van der Waals surface area contributed by atoms with Crippen LogP contribution in [0.1, 0.15) is 50.4 Å². The predicted molar refractivity (Wildman–Crippen MR) is 118 cm³/mol. The number of halogens is 1. The monoisotopic (exact) mass is 417 g/mol. The summed E-state index contributed by atoms with van der Waals surface area (Å²) in [4.78, 5) is 7.16. The van der Waals surface area contributed by atoms with Crippen LogP contribution in [0, 0.1) is 0 Å². The second kappa shape index (κ2) is 10.6. The van der Waals surface area contributed by atoms with E-state index in [0.29, 0.717) is 6.54 Å². The minimum absolute atomic E-state index is 0.167. The zero-order valence-electron chi connectivity index (χ0n) is 17.7. The lowest BCUT2D eigenvalue weighted by Crippen LogP contribution is -2.43. The first kappa shape index (κ1) is 21.6. The lowest BCUT2D eigenvalue weighted by molar-refractivity contribution is 0.219. The third-order valence-electron chi connectivity index (χ3n) is 5.39. The number of likely N-dealkylation sites (N-methyl/N-ethyl adjacent to an activating group) is 1. The highest BCUT2D eigenvalue weighted by atomic mass is 35.5. The summed E-state index contributed by atoms with van der Waals surface area (Å²) in [7, 11) is 0. The van der Waals surface area contributed by atoms with Crippen LogP contribution in [0.3, 0.4) is 0 Å². The molecule has 2 aromatic rings. The van der Waals surface area contributed by atoms with Gasteiger partial charge in [0.25, 0.3) is 0 Å². The number of aliphatic imine (C=N–C) groups is 1. The molecule has 8 heteroatoms. The highest BCUT2D eigenvalue weighted by molar-refractivity contribution is 6.31. The van der Waals surface area contributed by atoms with Gasteiger partial charge in [0.15, 0.2) is 11.8 Å².